The van der Waals surface area contributed by atoms with Gasteiger partial charge in [-0.25, -0.2) is 0 Å². The monoisotopic (exact) mass is 419 g/mol. The van der Waals surface area contributed by atoms with Crippen LogP contribution < -0.4 is 10.1 Å². The molecule has 0 saturated heterocycles. The summed E-state index contributed by atoms with van der Waals surface area (Å²) in [5.41, 5.74) is 5.57. The number of nitrogens with zero attached hydrogens (tertiary/aromatic N) is 2. The Kier molecular flexibility index (Phi) is 7.88. The lowest BCUT2D eigenvalue weighted by molar-refractivity contribution is -0.121. The zero-order valence-corrected chi connectivity index (χ0v) is 19.0. The molecular weight excluding hydrogens is 386 g/mol. The third-order valence-corrected chi connectivity index (χ3v) is 5.33. The third kappa shape index (κ3) is 6.71. The number of hydrogen-bond acceptors (Lipinski definition) is 3. The average molecular weight is 420 g/mol. The van der Waals surface area contributed by atoms with Crippen molar-refractivity contribution in [2.24, 2.45) is 5.92 Å². The Morgan fingerprint density at radius 2 is 1.71 bits per heavy atom. The van der Waals surface area contributed by atoms with Crippen molar-refractivity contribution in [3.05, 3.63) is 82.7 Å². The molecule has 31 heavy (non-hydrogen) atoms. The number of nitrogens with one attached hydrogen (secondary N) is 1. The van der Waals surface area contributed by atoms with Gasteiger partial charge in [0.25, 0.3) is 0 Å². The van der Waals surface area contributed by atoms with E-state index < -0.39 is 0 Å². The Labute approximate surface area is 185 Å². The molecule has 0 fully saturated rings. The first kappa shape index (κ1) is 22.6. The van der Waals surface area contributed by atoms with Crippen molar-refractivity contribution in [3.8, 4) is 5.75 Å². The molecule has 0 aliphatic carbocycles. The van der Waals surface area contributed by atoms with E-state index in [9.17, 15) is 4.79 Å². The molecule has 3 aromatic rings. The van der Waals surface area contributed by atoms with E-state index in [4.69, 9.17) is 4.74 Å². The molecule has 1 heterocycles. The summed E-state index contributed by atoms with van der Waals surface area (Å²) < 4.78 is 7.84. The minimum Gasteiger partial charge on any atom is -0.489 e. The van der Waals surface area contributed by atoms with Crippen molar-refractivity contribution >= 4 is 5.91 Å². The first-order valence-electron chi connectivity index (χ1n) is 11.0. The second-order valence-corrected chi connectivity index (χ2v) is 8.42. The predicted octanol–water partition coefficient (Wildman–Crippen LogP) is 4.98. The molecule has 0 aliphatic rings. The van der Waals surface area contributed by atoms with Gasteiger partial charge in [-0.3, -0.25) is 9.48 Å². The summed E-state index contributed by atoms with van der Waals surface area (Å²) in [4.78, 5) is 12.4. The molecule has 3 rings (SSSR count). The van der Waals surface area contributed by atoms with Gasteiger partial charge in [0.1, 0.15) is 12.4 Å². The van der Waals surface area contributed by atoms with Gasteiger partial charge in [-0.1, -0.05) is 56.3 Å². The fourth-order valence-corrected chi connectivity index (χ4v) is 3.58. The molecule has 1 amide bonds. The summed E-state index contributed by atoms with van der Waals surface area (Å²) >= 11 is 0. The molecule has 0 saturated carbocycles. The molecule has 1 aromatic heterocycles. The number of para-hydroxylation sites is 1. The first-order chi connectivity index (χ1) is 14.9. The van der Waals surface area contributed by atoms with Crippen LogP contribution in [0.1, 0.15) is 48.3 Å². The highest BCUT2D eigenvalue weighted by Crippen LogP contribution is 2.17. The van der Waals surface area contributed by atoms with Crippen molar-refractivity contribution in [2.75, 3.05) is 0 Å². The predicted molar refractivity (Wildman–Crippen MR) is 124 cm³/mol. The fraction of sp³-hybridized carbons (Fsp3) is 0.385. The van der Waals surface area contributed by atoms with Crippen LogP contribution >= 0.6 is 0 Å². The molecule has 0 bridgehead atoms. The molecule has 5 nitrogen and oxygen atoms in total. The molecule has 0 unspecified atom stereocenters. The zero-order valence-electron chi connectivity index (χ0n) is 19.0. The van der Waals surface area contributed by atoms with Crippen LogP contribution in [0, 0.1) is 19.8 Å². The largest absolute Gasteiger partial charge is 0.489 e. The minimum atomic E-state index is 0.0619. The normalized spacial score (nSPS) is 11.0. The Balaban J connectivity index is 1.44. The minimum absolute atomic E-state index is 0.0619. The average Bonchev–Trinajstić information content (AvgIpc) is 3.02. The Bertz CT molecular complexity index is 976. The lowest BCUT2D eigenvalue weighted by Gasteiger charge is -2.09. The summed E-state index contributed by atoms with van der Waals surface area (Å²) in [6.07, 6.45) is 1.19. The third-order valence-electron chi connectivity index (χ3n) is 5.33. The molecule has 0 spiro atoms. The molecule has 0 aliphatic heterocycles. The quantitative estimate of drug-likeness (QED) is 0.504. The van der Waals surface area contributed by atoms with E-state index in [2.05, 4.69) is 35.9 Å². The number of benzene rings is 2. The lowest BCUT2D eigenvalue weighted by Crippen LogP contribution is -2.23. The number of amides is 1. The van der Waals surface area contributed by atoms with E-state index in [1.54, 1.807) is 0 Å². The van der Waals surface area contributed by atoms with Gasteiger partial charge in [-0.2, -0.15) is 5.10 Å². The SMILES string of the molecule is Cc1nn(CC(C)C)c(C)c1CCC(=O)NCc1ccc(COc2ccccc2)cc1. The maximum absolute atomic E-state index is 12.4. The van der Waals surface area contributed by atoms with Gasteiger partial charge in [-0.15, -0.1) is 0 Å². The van der Waals surface area contributed by atoms with Gasteiger partial charge >= 0.3 is 0 Å². The molecule has 5 heteroatoms. The number of carbonyl (C=O) groups excluding carboxylic acids is 1. The summed E-state index contributed by atoms with van der Waals surface area (Å²) in [6.45, 7) is 10.5. The summed E-state index contributed by atoms with van der Waals surface area (Å²) in [7, 11) is 0. The van der Waals surface area contributed by atoms with Crippen LogP contribution in [0.25, 0.3) is 0 Å². The smallest absolute Gasteiger partial charge is 0.220 e. The van der Waals surface area contributed by atoms with Crippen LogP contribution in [0.4, 0.5) is 0 Å². The van der Waals surface area contributed by atoms with Crippen molar-refractivity contribution in [2.45, 2.75) is 60.2 Å². The Morgan fingerprint density at radius 3 is 2.39 bits per heavy atom. The van der Waals surface area contributed by atoms with Gasteiger partial charge in [0.05, 0.1) is 5.69 Å². The summed E-state index contributed by atoms with van der Waals surface area (Å²) in [5, 5.41) is 7.67. The topological polar surface area (TPSA) is 56.2 Å². The van der Waals surface area contributed by atoms with Crippen molar-refractivity contribution in [3.63, 3.8) is 0 Å². The summed E-state index contributed by atoms with van der Waals surface area (Å²) in [5.74, 6) is 1.47. The van der Waals surface area contributed by atoms with Gasteiger partial charge < -0.3 is 10.1 Å². The fourth-order valence-electron chi connectivity index (χ4n) is 3.58. The van der Waals surface area contributed by atoms with E-state index in [1.165, 1.54) is 11.3 Å². The molecule has 164 valence electrons. The second-order valence-electron chi connectivity index (χ2n) is 8.42. The zero-order chi connectivity index (χ0) is 22.2. The van der Waals surface area contributed by atoms with Gasteiger partial charge in [0, 0.05) is 25.2 Å². The lowest BCUT2D eigenvalue weighted by atomic mass is 10.1. The number of aromatic nitrogens is 2. The van der Waals surface area contributed by atoms with E-state index in [0.29, 0.717) is 25.5 Å². The summed E-state index contributed by atoms with van der Waals surface area (Å²) in [6, 6.07) is 17.9. The van der Waals surface area contributed by atoms with Crippen molar-refractivity contribution < 1.29 is 9.53 Å². The van der Waals surface area contributed by atoms with Gasteiger partial charge in [0.15, 0.2) is 0 Å². The number of aryl methyl sites for hydroxylation is 1. The van der Waals surface area contributed by atoms with Crippen molar-refractivity contribution in [1.82, 2.24) is 15.1 Å². The Hall–Kier alpha value is -3.08. The van der Waals surface area contributed by atoms with Gasteiger partial charge in [0.2, 0.25) is 5.91 Å². The van der Waals surface area contributed by atoms with Crippen molar-refractivity contribution in [1.29, 1.82) is 0 Å². The molecule has 0 atom stereocenters. The Morgan fingerprint density at radius 1 is 1.03 bits per heavy atom. The second kappa shape index (κ2) is 10.8. The highest BCUT2D eigenvalue weighted by atomic mass is 16.5. The van der Waals surface area contributed by atoms with Crippen LogP contribution in [-0.2, 0) is 30.9 Å². The number of carbonyl (C=O) groups is 1. The number of hydrogen-bond donors (Lipinski definition) is 1. The highest BCUT2D eigenvalue weighted by molar-refractivity contribution is 5.76. The number of rotatable bonds is 10. The number of ether oxygens (including phenoxy) is 1. The molecule has 1 N–H and O–H groups in total. The van der Waals surface area contributed by atoms with Crippen LogP contribution in [0.15, 0.2) is 54.6 Å². The first-order valence-corrected chi connectivity index (χ1v) is 11.0. The van der Waals surface area contributed by atoms with E-state index >= 15 is 0 Å². The highest BCUT2D eigenvalue weighted by Gasteiger charge is 2.13. The van der Waals surface area contributed by atoms with Crippen LogP contribution in [0.3, 0.4) is 0 Å². The molecule has 2 aromatic carbocycles. The molecular formula is C26H33N3O2. The van der Waals surface area contributed by atoms with E-state index in [1.807, 2.05) is 61.5 Å². The van der Waals surface area contributed by atoms with E-state index in [-0.39, 0.29) is 5.91 Å². The van der Waals surface area contributed by atoms with Crippen LogP contribution in [0.5, 0.6) is 5.75 Å². The van der Waals surface area contributed by atoms with Crippen LogP contribution in [0.2, 0.25) is 0 Å². The van der Waals surface area contributed by atoms with Crippen LogP contribution in [-0.4, -0.2) is 15.7 Å². The molecule has 0 radical (unpaired) electrons. The van der Waals surface area contributed by atoms with Gasteiger partial charge in [-0.05, 0) is 55.0 Å². The maximum atomic E-state index is 12.4. The van der Waals surface area contributed by atoms with E-state index in [0.717, 1.165) is 35.5 Å². The maximum Gasteiger partial charge on any atom is 0.220 e. The standard InChI is InChI=1S/C26H33N3O2/c1-19(2)17-29-21(4)25(20(3)28-29)14-15-26(30)27-16-22-10-12-23(13-11-22)18-31-24-8-6-5-7-9-24/h5-13,19H,14-18H2,1-4H3,(H,27,30).